The standard InChI is InChI=1S/C17H24N2O5/c1-17(2,3)24-16(21)19-9-13(10-19)23-12-5-6-14(18)11(7-12)8-15(20)22-4/h5-7,13H,8-10,18H2,1-4H3. The van der Waals surface area contributed by atoms with Gasteiger partial charge in [0.15, 0.2) is 0 Å². The minimum absolute atomic E-state index is 0.0915. The molecule has 7 nitrogen and oxygen atoms in total. The summed E-state index contributed by atoms with van der Waals surface area (Å²) in [6, 6.07) is 5.16. The SMILES string of the molecule is COC(=O)Cc1cc(OC2CN(C(=O)OC(C)(C)C)C2)ccc1N. The number of anilines is 1. The van der Waals surface area contributed by atoms with Crippen molar-refractivity contribution in [3.05, 3.63) is 23.8 Å². The molecule has 0 radical (unpaired) electrons. The van der Waals surface area contributed by atoms with Gasteiger partial charge in [0.25, 0.3) is 0 Å². The average molecular weight is 336 g/mol. The summed E-state index contributed by atoms with van der Waals surface area (Å²) in [5.41, 5.74) is 6.51. The minimum Gasteiger partial charge on any atom is -0.487 e. The topological polar surface area (TPSA) is 91.1 Å². The lowest BCUT2D eigenvalue weighted by atomic mass is 10.1. The van der Waals surface area contributed by atoms with Crippen LogP contribution in [0.3, 0.4) is 0 Å². The number of hydrogen-bond donors (Lipinski definition) is 1. The third-order valence-electron chi connectivity index (χ3n) is 3.48. The van der Waals surface area contributed by atoms with Crippen molar-refractivity contribution >= 4 is 17.7 Å². The minimum atomic E-state index is -0.511. The second-order valence-electron chi connectivity index (χ2n) is 6.74. The molecule has 24 heavy (non-hydrogen) atoms. The Balaban J connectivity index is 1.89. The molecule has 0 bridgehead atoms. The van der Waals surface area contributed by atoms with Crippen molar-refractivity contribution in [3.8, 4) is 5.75 Å². The van der Waals surface area contributed by atoms with Crippen molar-refractivity contribution in [1.82, 2.24) is 4.90 Å². The van der Waals surface area contributed by atoms with E-state index in [1.165, 1.54) is 7.11 Å². The number of likely N-dealkylation sites (tertiary alicyclic amines) is 1. The number of nitrogen functional groups attached to an aromatic ring is 1. The Bertz CT molecular complexity index is 618. The first kappa shape index (κ1) is 17.9. The molecular weight excluding hydrogens is 312 g/mol. The number of methoxy groups -OCH3 is 1. The van der Waals surface area contributed by atoms with Crippen LogP contribution >= 0.6 is 0 Å². The van der Waals surface area contributed by atoms with Crippen LogP contribution in [0.2, 0.25) is 0 Å². The maximum absolute atomic E-state index is 11.9. The van der Waals surface area contributed by atoms with E-state index in [0.717, 1.165) is 0 Å². The summed E-state index contributed by atoms with van der Waals surface area (Å²) in [4.78, 5) is 24.8. The Labute approximate surface area is 141 Å². The molecule has 0 aromatic heterocycles. The van der Waals surface area contributed by atoms with Crippen molar-refractivity contribution in [2.24, 2.45) is 0 Å². The quantitative estimate of drug-likeness (QED) is 0.668. The van der Waals surface area contributed by atoms with E-state index < -0.39 is 5.60 Å². The second-order valence-corrected chi connectivity index (χ2v) is 6.74. The molecule has 1 fully saturated rings. The predicted octanol–water partition coefficient (Wildman–Crippen LogP) is 1.98. The highest BCUT2D eigenvalue weighted by Gasteiger charge is 2.35. The van der Waals surface area contributed by atoms with Gasteiger partial charge >= 0.3 is 12.1 Å². The van der Waals surface area contributed by atoms with Crippen molar-refractivity contribution < 1.29 is 23.8 Å². The fourth-order valence-corrected chi connectivity index (χ4v) is 2.22. The van der Waals surface area contributed by atoms with E-state index in [0.29, 0.717) is 30.1 Å². The Morgan fingerprint density at radius 2 is 1.96 bits per heavy atom. The van der Waals surface area contributed by atoms with Gasteiger partial charge in [-0.2, -0.15) is 0 Å². The van der Waals surface area contributed by atoms with Crippen LogP contribution in [0.5, 0.6) is 5.75 Å². The Morgan fingerprint density at radius 1 is 1.29 bits per heavy atom. The van der Waals surface area contributed by atoms with Crippen LogP contribution in [0.1, 0.15) is 26.3 Å². The summed E-state index contributed by atoms with van der Waals surface area (Å²) < 4.78 is 15.8. The zero-order chi connectivity index (χ0) is 17.9. The summed E-state index contributed by atoms with van der Waals surface area (Å²) >= 11 is 0. The molecule has 1 aliphatic heterocycles. The molecular formula is C17H24N2O5. The van der Waals surface area contributed by atoms with Crippen LogP contribution in [0.25, 0.3) is 0 Å². The van der Waals surface area contributed by atoms with Gasteiger partial charge in [0.1, 0.15) is 17.5 Å². The van der Waals surface area contributed by atoms with E-state index in [2.05, 4.69) is 4.74 Å². The zero-order valence-electron chi connectivity index (χ0n) is 14.5. The van der Waals surface area contributed by atoms with Crippen LogP contribution in [-0.2, 0) is 20.7 Å². The molecule has 1 amide bonds. The summed E-state index contributed by atoms with van der Waals surface area (Å²) in [6.45, 7) is 6.42. The molecule has 1 aliphatic rings. The fraction of sp³-hybridized carbons (Fsp3) is 0.529. The molecule has 0 atom stereocenters. The maximum atomic E-state index is 11.9. The Hall–Kier alpha value is -2.44. The van der Waals surface area contributed by atoms with E-state index in [1.807, 2.05) is 20.8 Å². The molecule has 2 N–H and O–H groups in total. The van der Waals surface area contributed by atoms with Crippen molar-refractivity contribution in [1.29, 1.82) is 0 Å². The molecule has 0 unspecified atom stereocenters. The third kappa shape index (κ3) is 4.78. The molecule has 0 spiro atoms. The molecule has 1 heterocycles. The number of nitrogens with two attached hydrogens (primary N) is 1. The van der Waals surface area contributed by atoms with Gasteiger partial charge in [-0.1, -0.05) is 0 Å². The number of esters is 1. The van der Waals surface area contributed by atoms with Crippen LogP contribution in [0, 0.1) is 0 Å². The first-order valence-electron chi connectivity index (χ1n) is 7.78. The number of carbonyl (C=O) groups excluding carboxylic acids is 2. The highest BCUT2D eigenvalue weighted by Crippen LogP contribution is 2.24. The molecule has 132 valence electrons. The monoisotopic (exact) mass is 336 g/mol. The Kier molecular flexibility index (Phi) is 5.21. The number of rotatable bonds is 4. The smallest absolute Gasteiger partial charge is 0.410 e. The summed E-state index contributed by atoms with van der Waals surface area (Å²) in [5, 5.41) is 0. The maximum Gasteiger partial charge on any atom is 0.410 e. The second kappa shape index (κ2) is 6.98. The largest absolute Gasteiger partial charge is 0.487 e. The number of carbonyl (C=O) groups is 2. The number of ether oxygens (including phenoxy) is 3. The lowest BCUT2D eigenvalue weighted by Gasteiger charge is -2.39. The third-order valence-corrected chi connectivity index (χ3v) is 3.48. The van der Waals surface area contributed by atoms with E-state index >= 15 is 0 Å². The van der Waals surface area contributed by atoms with Gasteiger partial charge in [0.2, 0.25) is 0 Å². The number of benzene rings is 1. The van der Waals surface area contributed by atoms with E-state index in [-0.39, 0.29) is 24.6 Å². The summed E-state index contributed by atoms with van der Waals surface area (Å²) in [6.07, 6.45) is -0.355. The van der Waals surface area contributed by atoms with E-state index in [4.69, 9.17) is 15.2 Å². The molecule has 1 aromatic rings. The Morgan fingerprint density at radius 3 is 2.54 bits per heavy atom. The van der Waals surface area contributed by atoms with Crippen LogP contribution in [-0.4, -0.2) is 48.9 Å². The lowest BCUT2D eigenvalue weighted by molar-refractivity contribution is -0.139. The van der Waals surface area contributed by atoms with Crippen LogP contribution in [0.4, 0.5) is 10.5 Å². The molecule has 0 aliphatic carbocycles. The van der Waals surface area contributed by atoms with Gasteiger partial charge in [-0.05, 0) is 44.5 Å². The first-order chi connectivity index (χ1) is 11.2. The van der Waals surface area contributed by atoms with Crippen molar-refractivity contribution in [2.45, 2.75) is 38.9 Å². The normalized spacial score (nSPS) is 14.8. The van der Waals surface area contributed by atoms with Gasteiger partial charge in [-0.15, -0.1) is 0 Å². The van der Waals surface area contributed by atoms with Gasteiger partial charge in [-0.3, -0.25) is 4.79 Å². The molecule has 1 saturated heterocycles. The van der Waals surface area contributed by atoms with Gasteiger partial charge in [0.05, 0.1) is 26.6 Å². The fourth-order valence-electron chi connectivity index (χ4n) is 2.22. The van der Waals surface area contributed by atoms with Gasteiger partial charge in [-0.25, -0.2) is 4.79 Å². The zero-order valence-corrected chi connectivity index (χ0v) is 14.5. The van der Waals surface area contributed by atoms with E-state index in [1.54, 1.807) is 23.1 Å². The molecule has 7 heteroatoms. The number of nitrogens with zero attached hydrogens (tertiary/aromatic N) is 1. The molecule has 1 aromatic carbocycles. The van der Waals surface area contributed by atoms with Crippen molar-refractivity contribution in [3.63, 3.8) is 0 Å². The highest BCUT2D eigenvalue weighted by atomic mass is 16.6. The highest BCUT2D eigenvalue weighted by molar-refractivity contribution is 5.75. The summed E-state index contributed by atoms with van der Waals surface area (Å²) in [7, 11) is 1.33. The molecule has 2 rings (SSSR count). The average Bonchev–Trinajstić information content (AvgIpc) is 2.43. The van der Waals surface area contributed by atoms with Crippen molar-refractivity contribution in [2.75, 3.05) is 25.9 Å². The van der Waals surface area contributed by atoms with Crippen LogP contribution in [0.15, 0.2) is 18.2 Å². The molecule has 0 saturated carbocycles. The summed E-state index contributed by atoms with van der Waals surface area (Å²) in [5.74, 6) is 0.246. The first-order valence-corrected chi connectivity index (χ1v) is 7.78. The number of amides is 1. The van der Waals surface area contributed by atoms with Crippen LogP contribution < -0.4 is 10.5 Å². The predicted molar refractivity (Wildman–Crippen MR) is 88.8 cm³/mol. The number of hydrogen-bond acceptors (Lipinski definition) is 6. The van der Waals surface area contributed by atoms with Gasteiger partial charge in [0, 0.05) is 5.69 Å². The van der Waals surface area contributed by atoms with Gasteiger partial charge < -0.3 is 24.8 Å². The van der Waals surface area contributed by atoms with E-state index in [9.17, 15) is 9.59 Å². The lowest BCUT2D eigenvalue weighted by Crippen LogP contribution is -2.57.